The van der Waals surface area contributed by atoms with Gasteiger partial charge in [-0.25, -0.2) is 0 Å². The van der Waals surface area contributed by atoms with Gasteiger partial charge < -0.3 is 20.4 Å². The van der Waals surface area contributed by atoms with Crippen molar-refractivity contribution in [3.8, 4) is 5.75 Å². The van der Waals surface area contributed by atoms with Gasteiger partial charge in [0.2, 0.25) is 5.91 Å². The second-order valence-corrected chi connectivity index (χ2v) is 10.2. The first-order chi connectivity index (χ1) is 15.3. The summed E-state index contributed by atoms with van der Waals surface area (Å²) in [5.41, 5.74) is 7.01. The molecule has 32 heavy (non-hydrogen) atoms. The molecule has 168 valence electrons. The monoisotopic (exact) mass is 491 g/mol. The van der Waals surface area contributed by atoms with Crippen LogP contribution in [0.2, 0.25) is 5.02 Å². The molecule has 0 spiro atoms. The highest BCUT2D eigenvalue weighted by Crippen LogP contribution is 2.39. The Morgan fingerprint density at radius 1 is 1.34 bits per heavy atom. The van der Waals surface area contributed by atoms with E-state index < -0.39 is 11.2 Å². The number of nitrogens with one attached hydrogen (secondary N) is 1. The molecule has 3 N–H and O–H groups in total. The van der Waals surface area contributed by atoms with Gasteiger partial charge in [-0.15, -0.1) is 21.5 Å². The third-order valence-electron chi connectivity index (χ3n) is 5.17. The second kappa shape index (κ2) is 9.51. The van der Waals surface area contributed by atoms with Gasteiger partial charge >= 0.3 is 0 Å². The lowest BCUT2D eigenvalue weighted by Gasteiger charge is -2.12. The number of thioether (sulfide) groups is 1. The summed E-state index contributed by atoms with van der Waals surface area (Å²) < 4.78 is 7.51. The summed E-state index contributed by atoms with van der Waals surface area (Å²) in [6.07, 6.45) is 2.75. The zero-order chi connectivity index (χ0) is 22.8. The number of ether oxygens (including phenoxy) is 1. The average Bonchev–Trinajstić information content (AvgIpc) is 3.43. The van der Waals surface area contributed by atoms with Crippen LogP contribution in [-0.4, -0.2) is 31.8 Å². The minimum absolute atomic E-state index is 0.192. The molecule has 3 aromatic rings. The van der Waals surface area contributed by atoms with E-state index in [4.69, 9.17) is 22.1 Å². The van der Waals surface area contributed by atoms with Crippen molar-refractivity contribution in [3.63, 3.8) is 0 Å². The van der Waals surface area contributed by atoms with Gasteiger partial charge in [-0.3, -0.25) is 9.59 Å². The van der Waals surface area contributed by atoms with Gasteiger partial charge in [0.15, 0.2) is 11.0 Å². The Labute approximate surface area is 198 Å². The van der Waals surface area contributed by atoms with Crippen molar-refractivity contribution in [2.75, 3.05) is 5.32 Å². The summed E-state index contributed by atoms with van der Waals surface area (Å²) in [6.45, 7) is 1.97. The number of hydrogen-bond acceptors (Lipinski definition) is 7. The smallest absolute Gasteiger partial charge is 0.251 e. The van der Waals surface area contributed by atoms with Crippen LogP contribution in [0.3, 0.4) is 0 Å². The molecule has 0 bridgehead atoms. The number of fused-ring (bicyclic) bond motifs is 1. The van der Waals surface area contributed by atoms with Crippen molar-refractivity contribution in [3.05, 3.63) is 51.1 Å². The number of nitrogens with two attached hydrogens (primary N) is 1. The van der Waals surface area contributed by atoms with E-state index in [0.717, 1.165) is 29.7 Å². The van der Waals surface area contributed by atoms with Crippen molar-refractivity contribution in [1.29, 1.82) is 0 Å². The quantitative estimate of drug-likeness (QED) is 0.463. The molecule has 1 aliphatic rings. The van der Waals surface area contributed by atoms with Crippen LogP contribution in [0.4, 0.5) is 5.00 Å². The van der Waals surface area contributed by atoms with Gasteiger partial charge in [-0.1, -0.05) is 35.5 Å². The summed E-state index contributed by atoms with van der Waals surface area (Å²) >= 11 is 8.83. The number of nitrogens with zero attached hydrogens (tertiary/aromatic N) is 3. The van der Waals surface area contributed by atoms with Crippen LogP contribution in [0.5, 0.6) is 5.75 Å². The molecule has 4 rings (SSSR count). The normalized spacial score (nSPS) is 13.6. The third kappa shape index (κ3) is 4.62. The minimum atomic E-state index is -0.503. The van der Waals surface area contributed by atoms with Crippen LogP contribution in [0.15, 0.2) is 29.4 Å². The first kappa shape index (κ1) is 22.6. The number of hydrogen-bond donors (Lipinski definition) is 2. The maximum Gasteiger partial charge on any atom is 0.251 e. The van der Waals surface area contributed by atoms with E-state index in [1.54, 1.807) is 23.6 Å². The Balaban J connectivity index is 1.40. The fraction of sp³-hybridized carbons (Fsp3) is 0.333. The lowest BCUT2D eigenvalue weighted by atomic mass is 10.1. The molecule has 0 radical (unpaired) electrons. The molecule has 0 saturated carbocycles. The number of para-hydroxylation sites is 1. The molecule has 2 amide bonds. The summed E-state index contributed by atoms with van der Waals surface area (Å²) in [5, 5.41) is 12.4. The van der Waals surface area contributed by atoms with E-state index in [9.17, 15) is 9.59 Å². The number of thiophene rings is 1. The van der Waals surface area contributed by atoms with Crippen molar-refractivity contribution < 1.29 is 14.3 Å². The third-order valence-corrected chi connectivity index (χ3v) is 7.83. The number of primary amides is 1. The van der Waals surface area contributed by atoms with Gasteiger partial charge in [-0.2, -0.15) is 0 Å². The van der Waals surface area contributed by atoms with Crippen LogP contribution in [0.1, 0.15) is 40.0 Å². The molecule has 1 aromatic carbocycles. The van der Waals surface area contributed by atoms with Crippen molar-refractivity contribution in [2.45, 2.75) is 43.2 Å². The number of carbonyl (C=O) groups excluding carboxylic acids is 2. The topological polar surface area (TPSA) is 112 Å². The van der Waals surface area contributed by atoms with E-state index in [2.05, 4.69) is 15.5 Å². The minimum Gasteiger partial charge on any atom is -0.484 e. The predicted octanol–water partition coefficient (Wildman–Crippen LogP) is 3.82. The highest BCUT2D eigenvalue weighted by molar-refractivity contribution is 8.00. The standard InChI is InChI=1S/C21H22ClN5O3S2/c1-11(19(29)24-20-17(18(23)28)12-6-5-9-15(12)32-20)31-21-26-25-16(27(21)2)10-30-14-8-4-3-7-13(14)22/h3-4,7-8,11H,5-6,9-10H2,1-2H3,(H2,23,28)(H,24,29)/t11-/m0/s1. The lowest BCUT2D eigenvalue weighted by Crippen LogP contribution is -2.24. The Morgan fingerprint density at radius 3 is 2.88 bits per heavy atom. The van der Waals surface area contributed by atoms with Crippen LogP contribution in [0.25, 0.3) is 0 Å². The number of carbonyl (C=O) groups is 2. The molecule has 0 fully saturated rings. The van der Waals surface area contributed by atoms with Crippen LogP contribution in [-0.2, 0) is 31.3 Å². The Bertz CT molecular complexity index is 1180. The second-order valence-electron chi connectivity index (χ2n) is 7.35. The van der Waals surface area contributed by atoms with Gasteiger partial charge in [-0.05, 0) is 43.9 Å². The number of amides is 2. The van der Waals surface area contributed by atoms with Crippen molar-refractivity contribution in [2.24, 2.45) is 12.8 Å². The van der Waals surface area contributed by atoms with Gasteiger partial charge in [0, 0.05) is 11.9 Å². The maximum atomic E-state index is 12.8. The van der Waals surface area contributed by atoms with Gasteiger partial charge in [0.05, 0.1) is 15.8 Å². The molecule has 11 heteroatoms. The largest absolute Gasteiger partial charge is 0.484 e. The van der Waals surface area contributed by atoms with E-state index in [1.165, 1.54) is 23.1 Å². The average molecular weight is 492 g/mol. The summed E-state index contributed by atoms with van der Waals surface area (Å²) in [6, 6.07) is 7.20. The fourth-order valence-electron chi connectivity index (χ4n) is 3.46. The number of anilines is 1. The Kier molecular flexibility index (Phi) is 6.73. The molecule has 8 nitrogen and oxygen atoms in total. The van der Waals surface area contributed by atoms with E-state index in [0.29, 0.717) is 32.3 Å². The van der Waals surface area contributed by atoms with Gasteiger partial charge in [0.1, 0.15) is 17.4 Å². The first-order valence-corrected chi connectivity index (χ1v) is 12.1. The highest BCUT2D eigenvalue weighted by atomic mass is 35.5. The van der Waals surface area contributed by atoms with E-state index in [-0.39, 0.29) is 12.5 Å². The fourth-order valence-corrected chi connectivity index (χ4v) is 5.78. The SMILES string of the molecule is C[C@H](Sc1nnc(COc2ccccc2Cl)n1C)C(=O)Nc1sc2c(c1C(N)=O)CCC2. The van der Waals surface area contributed by atoms with Crippen LogP contribution in [0, 0.1) is 0 Å². The predicted molar refractivity (Wildman–Crippen MR) is 126 cm³/mol. The van der Waals surface area contributed by atoms with E-state index in [1.807, 2.05) is 19.2 Å². The number of aryl methyl sites for hydroxylation is 1. The zero-order valence-electron chi connectivity index (χ0n) is 17.6. The Hall–Kier alpha value is -2.56. The van der Waals surface area contributed by atoms with Crippen molar-refractivity contribution >= 4 is 51.5 Å². The summed E-state index contributed by atoms with van der Waals surface area (Å²) in [5.74, 6) is 0.434. The molecular formula is C21H22ClN5O3S2. The number of rotatable bonds is 8. The number of aromatic nitrogens is 3. The molecule has 2 heterocycles. The van der Waals surface area contributed by atoms with Crippen LogP contribution < -0.4 is 15.8 Å². The first-order valence-electron chi connectivity index (χ1n) is 10.0. The van der Waals surface area contributed by atoms with E-state index >= 15 is 0 Å². The zero-order valence-corrected chi connectivity index (χ0v) is 19.9. The highest BCUT2D eigenvalue weighted by Gasteiger charge is 2.27. The molecular weight excluding hydrogens is 470 g/mol. The number of benzene rings is 1. The van der Waals surface area contributed by atoms with Gasteiger partial charge in [0.25, 0.3) is 5.91 Å². The molecule has 0 aliphatic heterocycles. The number of halogens is 1. The van der Waals surface area contributed by atoms with Crippen molar-refractivity contribution in [1.82, 2.24) is 14.8 Å². The Morgan fingerprint density at radius 2 is 2.12 bits per heavy atom. The molecule has 1 atom stereocenters. The molecule has 0 saturated heterocycles. The molecule has 2 aromatic heterocycles. The summed E-state index contributed by atoms with van der Waals surface area (Å²) in [7, 11) is 1.81. The molecule has 1 aliphatic carbocycles. The summed E-state index contributed by atoms with van der Waals surface area (Å²) in [4.78, 5) is 25.9. The lowest BCUT2D eigenvalue weighted by molar-refractivity contribution is -0.115. The maximum absolute atomic E-state index is 12.8. The molecule has 0 unspecified atom stereocenters. The van der Waals surface area contributed by atoms with Crippen LogP contribution >= 0.6 is 34.7 Å².